The van der Waals surface area contributed by atoms with Gasteiger partial charge in [-0.2, -0.15) is 0 Å². The Morgan fingerprint density at radius 1 is 1.11 bits per heavy atom. The number of alkyl halides is 1. The number of anilines is 2. The lowest BCUT2D eigenvalue weighted by Gasteiger charge is -2.26. The van der Waals surface area contributed by atoms with Crippen LogP contribution in [0.1, 0.15) is 24.0 Å². The summed E-state index contributed by atoms with van der Waals surface area (Å²) in [6.45, 7) is 1.03. The van der Waals surface area contributed by atoms with Gasteiger partial charge in [0.25, 0.3) is 0 Å². The van der Waals surface area contributed by atoms with E-state index in [9.17, 15) is 0 Å². The van der Waals surface area contributed by atoms with E-state index in [1.165, 1.54) is 24.1 Å². The van der Waals surface area contributed by atoms with E-state index in [4.69, 9.17) is 11.6 Å². The molecule has 2 heterocycles. The second kappa shape index (κ2) is 5.62. The van der Waals surface area contributed by atoms with Gasteiger partial charge in [-0.25, -0.2) is 0 Å². The van der Waals surface area contributed by atoms with Crippen molar-refractivity contribution < 1.29 is 0 Å². The van der Waals surface area contributed by atoms with Crippen LogP contribution in [0.25, 0.3) is 0 Å². The summed E-state index contributed by atoms with van der Waals surface area (Å²) >= 11 is 6.06. The Balaban J connectivity index is 2.09. The van der Waals surface area contributed by atoms with Crippen LogP contribution in [0.15, 0.2) is 42.7 Å². The molecule has 0 fully saturated rings. The molecule has 1 aliphatic heterocycles. The van der Waals surface area contributed by atoms with Gasteiger partial charge in [0.1, 0.15) is 0 Å². The smallest absolute Gasteiger partial charge is 0.0642 e. The molecule has 3 heteroatoms. The number of benzene rings is 1. The molecule has 0 aliphatic carbocycles. The fourth-order valence-corrected chi connectivity index (χ4v) is 2.94. The second-order valence-corrected chi connectivity index (χ2v) is 5.14. The van der Waals surface area contributed by atoms with Crippen LogP contribution in [0, 0.1) is 0 Å². The number of aryl methyl sites for hydroxylation is 1. The first-order valence-corrected chi connectivity index (χ1v) is 7.28. The summed E-state index contributed by atoms with van der Waals surface area (Å²) in [4.78, 5) is 6.64. The van der Waals surface area contributed by atoms with Gasteiger partial charge in [0, 0.05) is 24.3 Å². The molecular formula is C16H17ClN2. The standard InChI is InChI=1S/C16H17ClN2/c17-11-14-8-9-18-12-16(14)19-10-4-3-6-13-5-1-2-7-15(13)19/h1-2,5,7-9,12H,3-4,6,10-11H2. The van der Waals surface area contributed by atoms with E-state index in [-0.39, 0.29) is 0 Å². The Bertz CT molecular complexity index is 568. The summed E-state index contributed by atoms with van der Waals surface area (Å²) in [5.74, 6) is 0.524. The van der Waals surface area contributed by atoms with Crippen LogP contribution in [-0.4, -0.2) is 11.5 Å². The molecule has 0 bridgehead atoms. The highest BCUT2D eigenvalue weighted by molar-refractivity contribution is 6.17. The maximum atomic E-state index is 6.06. The highest BCUT2D eigenvalue weighted by atomic mass is 35.5. The number of rotatable bonds is 2. The first-order valence-electron chi connectivity index (χ1n) is 6.74. The highest BCUT2D eigenvalue weighted by Crippen LogP contribution is 2.34. The van der Waals surface area contributed by atoms with Gasteiger partial charge in [-0.1, -0.05) is 18.2 Å². The molecule has 2 aromatic rings. The minimum Gasteiger partial charge on any atom is -0.340 e. The molecule has 0 N–H and O–H groups in total. The molecule has 98 valence electrons. The Hall–Kier alpha value is -1.54. The fourth-order valence-electron chi connectivity index (χ4n) is 2.71. The molecule has 0 amide bonds. The van der Waals surface area contributed by atoms with Crippen molar-refractivity contribution in [3.05, 3.63) is 53.9 Å². The first kappa shape index (κ1) is 12.5. The molecule has 0 saturated heterocycles. The van der Waals surface area contributed by atoms with E-state index in [1.54, 1.807) is 0 Å². The molecule has 0 radical (unpaired) electrons. The predicted molar refractivity (Wildman–Crippen MR) is 80.2 cm³/mol. The van der Waals surface area contributed by atoms with Crippen molar-refractivity contribution >= 4 is 23.0 Å². The molecule has 1 aliphatic rings. The summed E-state index contributed by atoms with van der Waals surface area (Å²) in [5.41, 5.74) is 5.02. The Morgan fingerprint density at radius 2 is 2.00 bits per heavy atom. The van der Waals surface area contributed by atoms with E-state index < -0.39 is 0 Å². The van der Waals surface area contributed by atoms with Crippen molar-refractivity contribution in [2.24, 2.45) is 0 Å². The average molecular weight is 273 g/mol. The van der Waals surface area contributed by atoms with Crippen LogP contribution < -0.4 is 4.90 Å². The summed E-state index contributed by atoms with van der Waals surface area (Å²) in [6.07, 6.45) is 7.34. The molecule has 0 atom stereocenters. The summed E-state index contributed by atoms with van der Waals surface area (Å²) in [6, 6.07) is 10.7. The molecule has 2 nitrogen and oxygen atoms in total. The van der Waals surface area contributed by atoms with Crippen molar-refractivity contribution in [2.75, 3.05) is 11.4 Å². The maximum absolute atomic E-state index is 6.06. The van der Waals surface area contributed by atoms with Gasteiger partial charge >= 0.3 is 0 Å². The lowest BCUT2D eigenvalue weighted by Crippen LogP contribution is -2.19. The number of pyridine rings is 1. The molecule has 0 spiro atoms. The Morgan fingerprint density at radius 3 is 2.89 bits per heavy atom. The van der Waals surface area contributed by atoms with Crippen molar-refractivity contribution in [3.63, 3.8) is 0 Å². The van der Waals surface area contributed by atoms with Gasteiger partial charge < -0.3 is 4.90 Å². The van der Waals surface area contributed by atoms with Crippen molar-refractivity contribution in [1.29, 1.82) is 0 Å². The van der Waals surface area contributed by atoms with Gasteiger partial charge in [-0.3, -0.25) is 4.98 Å². The first-order chi connectivity index (χ1) is 9.40. The molecule has 0 unspecified atom stereocenters. The van der Waals surface area contributed by atoms with E-state index >= 15 is 0 Å². The number of halogens is 1. The number of para-hydroxylation sites is 1. The number of hydrogen-bond acceptors (Lipinski definition) is 2. The third-order valence-electron chi connectivity index (χ3n) is 3.68. The van der Waals surface area contributed by atoms with Crippen molar-refractivity contribution in [3.8, 4) is 0 Å². The molecule has 1 aromatic carbocycles. The summed E-state index contributed by atoms with van der Waals surface area (Å²) < 4.78 is 0. The van der Waals surface area contributed by atoms with Crippen LogP contribution in [0.2, 0.25) is 0 Å². The van der Waals surface area contributed by atoms with Crippen LogP contribution in [-0.2, 0) is 12.3 Å². The zero-order chi connectivity index (χ0) is 13.1. The van der Waals surface area contributed by atoms with Crippen LogP contribution in [0.4, 0.5) is 11.4 Å². The normalized spacial score (nSPS) is 14.9. The monoisotopic (exact) mass is 272 g/mol. The van der Waals surface area contributed by atoms with Crippen molar-refractivity contribution in [2.45, 2.75) is 25.1 Å². The number of nitrogens with zero attached hydrogens (tertiary/aromatic N) is 2. The van der Waals surface area contributed by atoms with Crippen molar-refractivity contribution in [1.82, 2.24) is 4.98 Å². The minimum absolute atomic E-state index is 0.524. The average Bonchev–Trinajstić information content (AvgIpc) is 2.69. The van der Waals surface area contributed by atoms with E-state index in [0.29, 0.717) is 5.88 Å². The number of hydrogen-bond donors (Lipinski definition) is 0. The highest BCUT2D eigenvalue weighted by Gasteiger charge is 2.18. The topological polar surface area (TPSA) is 16.1 Å². The summed E-state index contributed by atoms with van der Waals surface area (Å²) in [5, 5.41) is 0. The molecule has 3 rings (SSSR count). The van der Waals surface area contributed by atoms with Gasteiger partial charge in [-0.15, -0.1) is 11.6 Å². The van der Waals surface area contributed by atoms with E-state index in [0.717, 1.165) is 24.2 Å². The quantitative estimate of drug-likeness (QED) is 0.758. The van der Waals surface area contributed by atoms with Gasteiger partial charge in [0.15, 0.2) is 0 Å². The molecule has 1 aromatic heterocycles. The fraction of sp³-hybridized carbons (Fsp3) is 0.312. The molecule has 19 heavy (non-hydrogen) atoms. The predicted octanol–water partition coefficient (Wildman–Crippen LogP) is 4.29. The van der Waals surface area contributed by atoms with Gasteiger partial charge in [0.2, 0.25) is 0 Å². The minimum atomic E-state index is 0.524. The number of fused-ring (bicyclic) bond motifs is 1. The number of aromatic nitrogens is 1. The Labute approximate surface area is 119 Å². The largest absolute Gasteiger partial charge is 0.340 e. The molecular weight excluding hydrogens is 256 g/mol. The lowest BCUT2D eigenvalue weighted by molar-refractivity contribution is 0.760. The lowest BCUT2D eigenvalue weighted by atomic mass is 10.1. The Kier molecular flexibility index (Phi) is 3.69. The SMILES string of the molecule is ClCc1ccncc1N1CCCCc2ccccc21. The third kappa shape index (κ3) is 2.45. The third-order valence-corrected chi connectivity index (χ3v) is 3.97. The van der Waals surface area contributed by atoms with Crippen LogP contribution >= 0.6 is 11.6 Å². The molecule has 0 saturated carbocycles. The second-order valence-electron chi connectivity index (χ2n) is 4.88. The van der Waals surface area contributed by atoms with E-state index in [1.807, 2.05) is 18.5 Å². The van der Waals surface area contributed by atoms with Gasteiger partial charge in [0.05, 0.1) is 11.9 Å². The van der Waals surface area contributed by atoms with E-state index in [2.05, 4.69) is 34.1 Å². The van der Waals surface area contributed by atoms with Crippen LogP contribution in [0.5, 0.6) is 0 Å². The van der Waals surface area contributed by atoms with Gasteiger partial charge in [-0.05, 0) is 42.5 Å². The van der Waals surface area contributed by atoms with Crippen LogP contribution in [0.3, 0.4) is 0 Å². The summed E-state index contributed by atoms with van der Waals surface area (Å²) in [7, 11) is 0. The zero-order valence-electron chi connectivity index (χ0n) is 10.8. The maximum Gasteiger partial charge on any atom is 0.0642 e. The zero-order valence-corrected chi connectivity index (χ0v) is 11.6.